The first-order chi connectivity index (χ1) is 9.20. The average Bonchev–Trinajstić information content (AvgIpc) is 2.88. The Hall–Kier alpha value is -1.40. The normalized spacial score (nSPS) is 17.3. The van der Waals surface area contributed by atoms with Crippen LogP contribution in [0, 0.1) is 6.92 Å². The maximum atomic E-state index is 6.43. The summed E-state index contributed by atoms with van der Waals surface area (Å²) in [6.07, 6.45) is 1.52. The van der Waals surface area contributed by atoms with Crippen LogP contribution in [0.25, 0.3) is 5.78 Å². The smallest absolute Gasteiger partial charge is 0.254 e. The van der Waals surface area contributed by atoms with Crippen molar-refractivity contribution >= 4 is 23.2 Å². The Morgan fingerprint density at radius 2 is 2.11 bits per heavy atom. The molecule has 3 rings (SSSR count). The van der Waals surface area contributed by atoms with Crippen LogP contribution in [0.4, 0.5) is 5.82 Å². The minimum atomic E-state index is 0.613. The standard InChI is InChI=1S/C12H17ClN6/c1-3-17-4-6-18(7-5-17)11-10(13)9(2)16-12-14-8-15-19(11)12/h8H,3-7H2,1-2H3/p+1. The van der Waals surface area contributed by atoms with Crippen molar-refractivity contribution < 1.29 is 4.90 Å². The van der Waals surface area contributed by atoms with Crippen LogP contribution in [0.15, 0.2) is 6.33 Å². The quantitative estimate of drug-likeness (QED) is 0.829. The molecule has 3 heterocycles. The molecule has 1 saturated heterocycles. The van der Waals surface area contributed by atoms with E-state index in [1.807, 2.05) is 6.92 Å². The van der Waals surface area contributed by atoms with E-state index in [2.05, 4.69) is 26.9 Å². The summed E-state index contributed by atoms with van der Waals surface area (Å²) in [6, 6.07) is 0. The predicted octanol–water partition coefficient (Wildman–Crippen LogP) is -0.189. The van der Waals surface area contributed by atoms with Gasteiger partial charge in [-0.05, 0) is 13.8 Å². The van der Waals surface area contributed by atoms with Crippen molar-refractivity contribution in [2.45, 2.75) is 13.8 Å². The van der Waals surface area contributed by atoms with E-state index < -0.39 is 0 Å². The molecule has 0 aromatic carbocycles. The van der Waals surface area contributed by atoms with E-state index in [1.54, 1.807) is 9.42 Å². The van der Waals surface area contributed by atoms with Crippen molar-refractivity contribution in [1.82, 2.24) is 19.6 Å². The summed E-state index contributed by atoms with van der Waals surface area (Å²) in [5.41, 5.74) is 0.808. The molecule has 0 radical (unpaired) electrons. The van der Waals surface area contributed by atoms with Crippen molar-refractivity contribution in [1.29, 1.82) is 0 Å². The van der Waals surface area contributed by atoms with E-state index in [4.69, 9.17) is 11.6 Å². The Labute approximate surface area is 117 Å². The molecule has 0 bridgehead atoms. The lowest BCUT2D eigenvalue weighted by atomic mass is 10.3. The fraction of sp³-hybridized carbons (Fsp3) is 0.583. The number of hydrogen-bond donors (Lipinski definition) is 1. The lowest BCUT2D eigenvalue weighted by Gasteiger charge is -2.33. The first kappa shape index (κ1) is 12.6. The molecule has 1 fully saturated rings. The fourth-order valence-corrected chi connectivity index (χ4v) is 2.82. The summed E-state index contributed by atoms with van der Waals surface area (Å²) in [4.78, 5) is 12.4. The van der Waals surface area contributed by atoms with E-state index in [0.717, 1.165) is 37.7 Å². The molecule has 102 valence electrons. The third-order valence-corrected chi connectivity index (χ3v) is 4.22. The monoisotopic (exact) mass is 281 g/mol. The molecule has 1 N–H and O–H groups in total. The number of likely N-dealkylation sites (N-methyl/N-ethyl adjacent to an activating group) is 1. The Morgan fingerprint density at radius 1 is 1.37 bits per heavy atom. The third-order valence-electron chi connectivity index (χ3n) is 3.78. The Kier molecular flexibility index (Phi) is 3.28. The molecule has 0 spiro atoms. The van der Waals surface area contributed by atoms with Gasteiger partial charge in [-0.25, -0.2) is 4.98 Å². The molecule has 0 saturated carbocycles. The molecule has 0 atom stereocenters. The number of quaternary nitrogens is 1. The van der Waals surface area contributed by atoms with Gasteiger partial charge >= 0.3 is 0 Å². The molecule has 6 nitrogen and oxygen atoms in total. The molecule has 0 aliphatic carbocycles. The topological polar surface area (TPSA) is 50.8 Å². The predicted molar refractivity (Wildman–Crippen MR) is 74.0 cm³/mol. The number of aryl methyl sites for hydroxylation is 1. The number of aromatic nitrogens is 4. The second-order valence-electron chi connectivity index (χ2n) is 4.90. The van der Waals surface area contributed by atoms with Crippen molar-refractivity contribution in [3.8, 4) is 0 Å². The number of fused-ring (bicyclic) bond motifs is 1. The van der Waals surface area contributed by atoms with E-state index in [-0.39, 0.29) is 0 Å². The molecule has 7 heteroatoms. The van der Waals surface area contributed by atoms with E-state index in [9.17, 15) is 0 Å². The largest absolute Gasteiger partial charge is 0.344 e. The van der Waals surface area contributed by atoms with Gasteiger partial charge in [-0.1, -0.05) is 11.6 Å². The van der Waals surface area contributed by atoms with Gasteiger partial charge in [-0.2, -0.15) is 14.6 Å². The summed E-state index contributed by atoms with van der Waals surface area (Å²) >= 11 is 6.43. The molecule has 0 unspecified atom stereocenters. The zero-order valence-electron chi connectivity index (χ0n) is 11.2. The molecular weight excluding hydrogens is 264 g/mol. The van der Waals surface area contributed by atoms with E-state index in [0.29, 0.717) is 10.8 Å². The average molecular weight is 282 g/mol. The number of halogens is 1. The Morgan fingerprint density at radius 3 is 2.79 bits per heavy atom. The number of rotatable bonds is 2. The second kappa shape index (κ2) is 4.94. The van der Waals surface area contributed by atoms with Crippen molar-refractivity contribution in [2.75, 3.05) is 37.6 Å². The summed E-state index contributed by atoms with van der Waals surface area (Å²) < 4.78 is 1.74. The Bertz CT molecular complexity index is 587. The SMILES string of the molecule is CC[NH+]1CCN(c2c(Cl)c(C)nc3ncnn23)CC1. The summed E-state index contributed by atoms with van der Waals surface area (Å²) in [5.74, 6) is 1.54. The lowest BCUT2D eigenvalue weighted by Crippen LogP contribution is -3.14. The minimum Gasteiger partial charge on any atom is -0.344 e. The number of nitrogens with one attached hydrogen (secondary N) is 1. The van der Waals surface area contributed by atoms with Crippen LogP contribution in [0.2, 0.25) is 5.02 Å². The zero-order chi connectivity index (χ0) is 13.4. The van der Waals surface area contributed by atoms with Gasteiger partial charge in [0.05, 0.1) is 38.4 Å². The molecule has 0 amide bonds. The molecule has 1 aliphatic heterocycles. The highest BCUT2D eigenvalue weighted by Crippen LogP contribution is 2.27. The Balaban J connectivity index is 2.00. The van der Waals surface area contributed by atoms with Gasteiger partial charge in [-0.3, -0.25) is 0 Å². The molecule has 19 heavy (non-hydrogen) atoms. The van der Waals surface area contributed by atoms with Crippen LogP contribution in [-0.4, -0.2) is 52.3 Å². The number of piperazine rings is 1. The fourth-order valence-electron chi connectivity index (χ4n) is 2.58. The van der Waals surface area contributed by atoms with Gasteiger partial charge in [0.1, 0.15) is 11.3 Å². The van der Waals surface area contributed by atoms with Gasteiger partial charge in [0.25, 0.3) is 5.78 Å². The summed E-state index contributed by atoms with van der Waals surface area (Å²) in [7, 11) is 0. The molecule has 1 aliphatic rings. The summed E-state index contributed by atoms with van der Waals surface area (Å²) in [5, 5.41) is 4.92. The third kappa shape index (κ3) is 2.15. The second-order valence-corrected chi connectivity index (χ2v) is 5.28. The van der Waals surface area contributed by atoms with Gasteiger partial charge in [0.15, 0.2) is 5.82 Å². The highest BCUT2D eigenvalue weighted by molar-refractivity contribution is 6.33. The van der Waals surface area contributed by atoms with Gasteiger partial charge in [0.2, 0.25) is 0 Å². The van der Waals surface area contributed by atoms with E-state index in [1.165, 1.54) is 12.9 Å². The van der Waals surface area contributed by atoms with Crippen LogP contribution in [0.3, 0.4) is 0 Å². The van der Waals surface area contributed by atoms with Gasteiger partial charge in [-0.15, -0.1) is 0 Å². The first-order valence-corrected chi connectivity index (χ1v) is 7.03. The number of anilines is 1. The first-order valence-electron chi connectivity index (χ1n) is 6.65. The minimum absolute atomic E-state index is 0.613. The number of nitrogens with zero attached hydrogens (tertiary/aromatic N) is 5. The van der Waals surface area contributed by atoms with Crippen molar-refractivity contribution in [3.63, 3.8) is 0 Å². The highest BCUT2D eigenvalue weighted by Gasteiger charge is 2.24. The van der Waals surface area contributed by atoms with Crippen molar-refractivity contribution in [2.24, 2.45) is 0 Å². The molecule has 2 aromatic heterocycles. The van der Waals surface area contributed by atoms with Crippen LogP contribution in [0.1, 0.15) is 12.6 Å². The van der Waals surface area contributed by atoms with Crippen LogP contribution >= 0.6 is 11.6 Å². The highest BCUT2D eigenvalue weighted by atomic mass is 35.5. The van der Waals surface area contributed by atoms with Gasteiger partial charge in [0, 0.05) is 0 Å². The van der Waals surface area contributed by atoms with Crippen LogP contribution in [0.5, 0.6) is 0 Å². The van der Waals surface area contributed by atoms with Crippen LogP contribution in [-0.2, 0) is 0 Å². The lowest BCUT2D eigenvalue weighted by molar-refractivity contribution is -0.898. The van der Waals surface area contributed by atoms with Crippen molar-refractivity contribution in [3.05, 3.63) is 17.0 Å². The van der Waals surface area contributed by atoms with Gasteiger partial charge < -0.3 is 9.80 Å². The van der Waals surface area contributed by atoms with Crippen LogP contribution < -0.4 is 9.80 Å². The maximum Gasteiger partial charge on any atom is 0.254 e. The molecule has 2 aromatic rings. The summed E-state index contributed by atoms with van der Waals surface area (Å²) in [6.45, 7) is 9.55. The zero-order valence-corrected chi connectivity index (χ0v) is 12.0. The number of hydrogen-bond acceptors (Lipinski definition) is 4. The molecular formula is C12H18ClN6+. The maximum absolute atomic E-state index is 6.43. The van der Waals surface area contributed by atoms with E-state index >= 15 is 0 Å².